The molecule has 0 saturated carbocycles. The molecule has 3 rings (SSSR count). The van der Waals surface area contributed by atoms with Crippen molar-refractivity contribution >= 4 is 21.4 Å². The highest BCUT2D eigenvalue weighted by atomic mass is 32.2. The van der Waals surface area contributed by atoms with Gasteiger partial charge in [0.05, 0.1) is 17.6 Å². The van der Waals surface area contributed by atoms with Crippen LogP contribution in [0.4, 0.5) is 5.69 Å². The molecule has 3 aromatic rings. The monoisotopic (exact) mass is 330 g/mol. The summed E-state index contributed by atoms with van der Waals surface area (Å²) >= 11 is 0. The van der Waals surface area contributed by atoms with Crippen molar-refractivity contribution < 1.29 is 8.42 Å². The molecule has 0 bridgehead atoms. The molecule has 7 heteroatoms. The summed E-state index contributed by atoms with van der Waals surface area (Å²) in [6.45, 7) is 3.79. The number of nitrogens with zero attached hydrogens (tertiary/aromatic N) is 3. The zero-order chi connectivity index (χ0) is 16.4. The average molecular weight is 330 g/mol. The van der Waals surface area contributed by atoms with Gasteiger partial charge in [-0.25, -0.2) is 17.9 Å². The number of hydrogen-bond acceptors (Lipinski definition) is 4. The lowest BCUT2D eigenvalue weighted by atomic mass is 10.1. The Bertz CT molecular complexity index is 930. The average Bonchev–Trinajstić information content (AvgIpc) is 2.86. The molecule has 0 amide bonds. The van der Waals surface area contributed by atoms with E-state index in [1.807, 2.05) is 31.2 Å². The van der Waals surface area contributed by atoms with Crippen molar-refractivity contribution in [2.45, 2.75) is 20.3 Å². The molecule has 0 aliphatic heterocycles. The first kappa shape index (κ1) is 15.5. The van der Waals surface area contributed by atoms with Crippen molar-refractivity contribution in [2.75, 3.05) is 10.5 Å². The Hall–Kier alpha value is -2.41. The first-order valence-corrected chi connectivity index (χ1v) is 8.96. The minimum atomic E-state index is -3.42. The fourth-order valence-electron chi connectivity index (χ4n) is 2.29. The smallest absolute Gasteiger partial charge is 0.233 e. The Labute approximate surface area is 135 Å². The summed E-state index contributed by atoms with van der Waals surface area (Å²) in [7, 11) is -3.42. The Morgan fingerprint density at radius 2 is 1.83 bits per heavy atom. The number of hydrogen-bond donors (Lipinski definition) is 1. The van der Waals surface area contributed by atoms with Crippen LogP contribution in [0.1, 0.15) is 17.0 Å². The van der Waals surface area contributed by atoms with E-state index in [-0.39, 0.29) is 5.75 Å². The zero-order valence-electron chi connectivity index (χ0n) is 13.0. The zero-order valence-corrected chi connectivity index (χ0v) is 13.8. The maximum atomic E-state index is 12.2. The molecule has 0 atom stereocenters. The first-order chi connectivity index (χ1) is 10.9. The normalized spacial score (nSPS) is 11.7. The summed E-state index contributed by atoms with van der Waals surface area (Å²) in [5.74, 6) is 0.675. The van der Waals surface area contributed by atoms with E-state index in [1.54, 1.807) is 29.8 Å². The Morgan fingerprint density at radius 1 is 1.09 bits per heavy atom. The van der Waals surface area contributed by atoms with Gasteiger partial charge in [-0.1, -0.05) is 29.8 Å². The van der Waals surface area contributed by atoms with Crippen molar-refractivity contribution in [3.63, 3.8) is 0 Å². The van der Waals surface area contributed by atoms with Crippen LogP contribution < -0.4 is 4.72 Å². The van der Waals surface area contributed by atoms with Crippen LogP contribution in [0.3, 0.4) is 0 Å². The Balaban J connectivity index is 1.70. The lowest BCUT2D eigenvalue weighted by Crippen LogP contribution is -2.18. The third-order valence-corrected chi connectivity index (χ3v) is 4.78. The third-order valence-electron chi connectivity index (χ3n) is 3.49. The molecule has 0 aliphatic rings. The van der Waals surface area contributed by atoms with E-state index in [2.05, 4.69) is 14.8 Å². The summed E-state index contributed by atoms with van der Waals surface area (Å²) in [6, 6.07) is 11.3. The van der Waals surface area contributed by atoms with Gasteiger partial charge in [0.15, 0.2) is 5.65 Å². The largest absolute Gasteiger partial charge is 0.282 e. The molecule has 0 aliphatic carbocycles. The number of nitrogens with one attached hydrogen (secondary N) is 1. The molecule has 0 fully saturated rings. The Kier molecular flexibility index (Phi) is 4.04. The second-order valence-electron chi connectivity index (χ2n) is 5.54. The van der Waals surface area contributed by atoms with Gasteiger partial charge in [0.1, 0.15) is 5.82 Å². The SMILES string of the molecule is Cc1ccc(CCS(=O)(=O)Nc2ccc3nc(C)nn3c2)cc1. The standard InChI is InChI=1S/C16H18N4O2S/c1-12-3-5-14(6-4-12)9-10-23(21,22)19-15-7-8-16-17-13(2)18-20(16)11-15/h3-8,11,19H,9-10H2,1-2H3. The van der Waals surface area contributed by atoms with Crippen molar-refractivity contribution in [2.24, 2.45) is 0 Å². The van der Waals surface area contributed by atoms with Gasteiger partial charge in [0.2, 0.25) is 10.0 Å². The van der Waals surface area contributed by atoms with Crippen molar-refractivity contribution in [1.29, 1.82) is 0 Å². The number of sulfonamides is 1. The lowest BCUT2D eigenvalue weighted by Gasteiger charge is -2.08. The van der Waals surface area contributed by atoms with E-state index in [0.29, 0.717) is 23.6 Å². The summed E-state index contributed by atoms with van der Waals surface area (Å²) in [5, 5.41) is 4.18. The lowest BCUT2D eigenvalue weighted by molar-refractivity contribution is 0.600. The van der Waals surface area contributed by atoms with Crippen LogP contribution in [-0.2, 0) is 16.4 Å². The van der Waals surface area contributed by atoms with E-state index in [1.165, 1.54) is 0 Å². The second-order valence-corrected chi connectivity index (χ2v) is 7.38. The van der Waals surface area contributed by atoms with E-state index in [9.17, 15) is 8.42 Å². The first-order valence-electron chi connectivity index (χ1n) is 7.30. The highest BCUT2D eigenvalue weighted by molar-refractivity contribution is 7.92. The molecule has 120 valence electrons. The highest BCUT2D eigenvalue weighted by Gasteiger charge is 2.12. The third kappa shape index (κ3) is 3.87. The van der Waals surface area contributed by atoms with E-state index in [4.69, 9.17) is 0 Å². The molecular weight excluding hydrogens is 312 g/mol. The van der Waals surface area contributed by atoms with E-state index < -0.39 is 10.0 Å². The van der Waals surface area contributed by atoms with Crippen LogP contribution in [0.5, 0.6) is 0 Å². The summed E-state index contributed by atoms with van der Waals surface area (Å²) in [5.41, 5.74) is 3.32. The summed E-state index contributed by atoms with van der Waals surface area (Å²) in [4.78, 5) is 4.21. The molecular formula is C16H18N4O2S. The molecule has 0 saturated heterocycles. The molecule has 0 unspecified atom stereocenters. The van der Waals surface area contributed by atoms with E-state index >= 15 is 0 Å². The fraction of sp³-hybridized carbons (Fsp3) is 0.250. The molecule has 0 spiro atoms. The van der Waals surface area contributed by atoms with Gasteiger partial charge < -0.3 is 0 Å². The molecule has 6 nitrogen and oxygen atoms in total. The maximum absolute atomic E-state index is 12.2. The quantitative estimate of drug-likeness (QED) is 0.779. The van der Waals surface area contributed by atoms with Gasteiger partial charge in [0, 0.05) is 0 Å². The number of fused-ring (bicyclic) bond motifs is 1. The minimum Gasteiger partial charge on any atom is -0.282 e. The van der Waals surface area contributed by atoms with Crippen LogP contribution in [0, 0.1) is 13.8 Å². The van der Waals surface area contributed by atoms with E-state index in [0.717, 1.165) is 11.1 Å². The number of aromatic nitrogens is 3. The van der Waals surface area contributed by atoms with Gasteiger partial charge in [-0.3, -0.25) is 4.72 Å². The number of benzene rings is 1. The second kappa shape index (κ2) is 6.00. The van der Waals surface area contributed by atoms with Crippen molar-refractivity contribution in [1.82, 2.24) is 14.6 Å². The highest BCUT2D eigenvalue weighted by Crippen LogP contribution is 2.12. The number of rotatable bonds is 5. The van der Waals surface area contributed by atoms with Gasteiger partial charge in [-0.2, -0.15) is 5.10 Å². The number of aryl methyl sites for hydroxylation is 3. The van der Waals surface area contributed by atoms with Crippen molar-refractivity contribution in [3.05, 3.63) is 59.5 Å². The van der Waals surface area contributed by atoms with Crippen molar-refractivity contribution in [3.8, 4) is 0 Å². The van der Waals surface area contributed by atoms with Crippen LogP contribution >= 0.6 is 0 Å². The van der Waals surface area contributed by atoms with Crippen LogP contribution in [-0.4, -0.2) is 28.8 Å². The number of pyridine rings is 1. The topological polar surface area (TPSA) is 76.4 Å². The van der Waals surface area contributed by atoms with Gasteiger partial charge in [-0.15, -0.1) is 0 Å². The number of anilines is 1. The molecule has 2 heterocycles. The minimum absolute atomic E-state index is 0.0322. The summed E-state index contributed by atoms with van der Waals surface area (Å²) < 4.78 is 28.6. The summed E-state index contributed by atoms with van der Waals surface area (Å²) in [6.07, 6.45) is 2.10. The molecule has 1 N–H and O–H groups in total. The Morgan fingerprint density at radius 3 is 2.57 bits per heavy atom. The van der Waals surface area contributed by atoms with Gasteiger partial charge >= 0.3 is 0 Å². The predicted octanol–water partition coefficient (Wildman–Crippen LogP) is 2.33. The van der Waals surface area contributed by atoms with Crippen LogP contribution in [0.25, 0.3) is 5.65 Å². The molecule has 1 aromatic carbocycles. The van der Waals surface area contributed by atoms with Gasteiger partial charge in [-0.05, 0) is 38.0 Å². The molecule has 0 radical (unpaired) electrons. The van der Waals surface area contributed by atoms with Crippen LogP contribution in [0.2, 0.25) is 0 Å². The molecule has 23 heavy (non-hydrogen) atoms. The van der Waals surface area contributed by atoms with Crippen LogP contribution in [0.15, 0.2) is 42.6 Å². The maximum Gasteiger partial charge on any atom is 0.233 e. The molecule has 2 aromatic heterocycles. The van der Waals surface area contributed by atoms with Gasteiger partial charge in [0.25, 0.3) is 0 Å². The predicted molar refractivity (Wildman–Crippen MR) is 90.0 cm³/mol. The fourth-order valence-corrected chi connectivity index (χ4v) is 3.38.